The average Bonchev–Trinajstić information content (AvgIpc) is 4.27. The van der Waals surface area contributed by atoms with E-state index >= 15 is 0 Å². The first-order chi connectivity index (χ1) is 36.0. The van der Waals surface area contributed by atoms with Gasteiger partial charge in [-0.05, 0) is 34.1 Å². The van der Waals surface area contributed by atoms with E-state index in [4.69, 9.17) is 0 Å². The molecule has 0 atom stereocenters. The maximum absolute atomic E-state index is 3.34. The standard InChI is InChI=1S/2C18H17.2C17H15.2CH2.2ClH.2Zr/c2*1-13(2)16-11-15-9-6-10-17(18(15)12-16)14-7-4-3-5-8-14;2*1-12-10-16-13(2)8-9-15(17(16)11-12)14-6-4-3-5-7-14;;;;;;/h2*3-13H,1-2H3;2*3-11H,1-2H3;2*1H2;2*1H;;/q4*-1;;;;;2*+2/p-2. The summed E-state index contributed by atoms with van der Waals surface area (Å²) in [6.07, 6.45) is 0. The molecule has 0 nitrogen and oxygen atoms in total. The third-order valence-electron chi connectivity index (χ3n) is 13.7. The molecule has 0 aliphatic carbocycles. The second-order valence-electron chi connectivity index (χ2n) is 19.5. The Morgan fingerprint density at radius 2 is 0.605 bits per heavy atom. The zero-order chi connectivity index (χ0) is 52.7. The van der Waals surface area contributed by atoms with E-state index in [0.717, 1.165) is 0 Å². The first-order valence-corrected chi connectivity index (χ1v) is 29.1. The van der Waals surface area contributed by atoms with Crippen molar-refractivity contribution in [1.82, 2.24) is 0 Å². The van der Waals surface area contributed by atoms with Gasteiger partial charge in [0.05, 0.1) is 0 Å². The molecule has 0 bridgehead atoms. The summed E-state index contributed by atoms with van der Waals surface area (Å²) in [5.74, 6) is 1.17. The number of aryl methyl sites for hydroxylation is 4. The van der Waals surface area contributed by atoms with Gasteiger partial charge >= 0.3 is 56.9 Å². The molecule has 0 amide bonds. The fraction of sp³-hybridized carbons (Fsp3) is 0.139. The second-order valence-corrected chi connectivity index (χ2v) is 19.5. The Hall–Kier alpha value is -5.71. The fourth-order valence-corrected chi connectivity index (χ4v) is 9.84. The van der Waals surface area contributed by atoms with Crippen LogP contribution in [0.2, 0.25) is 0 Å². The van der Waals surface area contributed by atoms with Crippen LogP contribution in [0, 0.1) is 27.7 Å². The molecule has 76 heavy (non-hydrogen) atoms. The van der Waals surface area contributed by atoms with E-state index in [9.17, 15) is 0 Å². The minimum Gasteiger partial charge on any atom is -1.00 e. The maximum atomic E-state index is 3.34. The van der Waals surface area contributed by atoms with E-state index in [1.165, 1.54) is 169 Å². The number of rotatable bonds is 6. The number of benzene rings is 8. The SMILES string of the molecule is CC(C)c1cc2c(-c3ccccc3)cccc2[cH-]1.CC(C)c1cc2c(-c3ccccc3)cccc2[cH-]1.Cc1cc2c(-c3ccccc3)ccc(C)c2[cH-]1.Cc1cc2c(-c3ccccc3)ccc(C)c2[cH-]1.[CH2]=[Zr+2].[CH2]=[Zr+2].[Cl-].[Cl-]. The number of halogens is 2. The van der Waals surface area contributed by atoms with Crippen LogP contribution in [0.4, 0.5) is 0 Å². The van der Waals surface area contributed by atoms with Gasteiger partial charge in [0.1, 0.15) is 0 Å². The number of hydrogen-bond donors (Lipinski definition) is 0. The molecule has 12 aromatic carbocycles. The van der Waals surface area contributed by atoms with Crippen LogP contribution in [0.25, 0.3) is 87.6 Å². The summed E-state index contributed by atoms with van der Waals surface area (Å²) >= 11 is 2.60. The Kier molecular flexibility index (Phi) is 23.9. The normalized spacial score (nSPS) is 10.4. The van der Waals surface area contributed by atoms with E-state index in [0.29, 0.717) is 11.8 Å². The van der Waals surface area contributed by atoms with E-state index in [2.05, 4.69) is 294 Å². The second kappa shape index (κ2) is 29.7. The van der Waals surface area contributed by atoms with Crippen molar-refractivity contribution in [2.75, 3.05) is 0 Å². The van der Waals surface area contributed by atoms with Gasteiger partial charge in [-0.15, -0.1) is 137 Å². The Morgan fingerprint density at radius 1 is 0.316 bits per heavy atom. The van der Waals surface area contributed by atoms with E-state index in [1.807, 2.05) is 0 Å². The molecule has 380 valence electrons. The van der Waals surface area contributed by atoms with Crippen molar-refractivity contribution >= 4 is 51.5 Å². The summed E-state index contributed by atoms with van der Waals surface area (Å²) in [5.41, 5.74) is 18.7. The molecule has 0 heterocycles. The van der Waals surface area contributed by atoms with Gasteiger partial charge in [0.2, 0.25) is 0 Å². The molecule has 0 saturated carbocycles. The Balaban J connectivity index is 0.000000181. The minimum absolute atomic E-state index is 0. The Morgan fingerprint density at radius 3 is 0.895 bits per heavy atom. The summed E-state index contributed by atoms with van der Waals surface area (Å²) in [5, 5.41) is 10.9. The third-order valence-corrected chi connectivity index (χ3v) is 13.7. The molecule has 0 fully saturated rings. The van der Waals surface area contributed by atoms with Crippen LogP contribution >= 0.6 is 0 Å². The van der Waals surface area contributed by atoms with Crippen molar-refractivity contribution in [3.05, 3.63) is 264 Å². The molecule has 0 aliphatic rings. The summed E-state index contributed by atoms with van der Waals surface area (Å²) in [7, 11) is 0. The topological polar surface area (TPSA) is 0 Å². The summed E-state index contributed by atoms with van der Waals surface area (Å²) < 4.78 is 6.68. The fourth-order valence-electron chi connectivity index (χ4n) is 9.84. The Bertz CT molecular complexity index is 3420. The molecular weight excluding hydrogens is 1120 g/mol. The van der Waals surface area contributed by atoms with Crippen molar-refractivity contribution in [2.24, 2.45) is 0 Å². The van der Waals surface area contributed by atoms with Crippen LogP contribution in [-0.2, 0) is 48.5 Å². The third kappa shape index (κ3) is 14.9. The summed E-state index contributed by atoms with van der Waals surface area (Å²) in [6.45, 7) is 17.7. The monoisotopic (exact) mass is 1180 g/mol. The zero-order valence-electron chi connectivity index (χ0n) is 45.3. The molecule has 12 rings (SSSR count). The van der Waals surface area contributed by atoms with Gasteiger partial charge in [-0.2, -0.15) is 24.3 Å². The predicted octanol–water partition coefficient (Wildman–Crippen LogP) is 14.3. The van der Waals surface area contributed by atoms with Crippen molar-refractivity contribution in [2.45, 2.75) is 67.2 Å². The van der Waals surface area contributed by atoms with Crippen LogP contribution < -0.4 is 24.8 Å². The van der Waals surface area contributed by atoms with Crippen molar-refractivity contribution < 1.29 is 73.3 Å². The minimum atomic E-state index is 0. The summed E-state index contributed by atoms with van der Waals surface area (Å²) in [6, 6.07) is 82.8. The Labute approximate surface area is 495 Å². The van der Waals surface area contributed by atoms with Crippen molar-refractivity contribution in [3.63, 3.8) is 0 Å². The smallest absolute Gasteiger partial charge is 1.00 e. The van der Waals surface area contributed by atoms with Crippen LogP contribution in [-0.4, -0.2) is 8.42 Å². The van der Waals surface area contributed by atoms with Gasteiger partial charge in [0, 0.05) is 0 Å². The molecule has 0 aliphatic heterocycles. The molecular formula is C72H68Cl2Zr2-2. The molecule has 0 spiro atoms. The van der Waals surface area contributed by atoms with Crippen molar-refractivity contribution in [3.8, 4) is 44.5 Å². The number of fused-ring (bicyclic) bond motifs is 4. The molecule has 4 heteroatoms. The van der Waals surface area contributed by atoms with Gasteiger partial charge in [0.25, 0.3) is 0 Å². The van der Waals surface area contributed by atoms with Crippen molar-refractivity contribution in [1.29, 1.82) is 0 Å². The van der Waals surface area contributed by atoms with E-state index in [-0.39, 0.29) is 24.8 Å². The van der Waals surface area contributed by atoms with Crippen LogP contribution in [0.3, 0.4) is 0 Å². The quantitative estimate of drug-likeness (QED) is 0.146. The molecule has 0 saturated heterocycles. The number of hydrogen-bond acceptors (Lipinski definition) is 0. The summed E-state index contributed by atoms with van der Waals surface area (Å²) in [4.78, 5) is 0. The van der Waals surface area contributed by atoms with Crippen LogP contribution in [0.15, 0.2) is 231 Å². The first-order valence-electron chi connectivity index (χ1n) is 25.7. The van der Waals surface area contributed by atoms with Gasteiger partial charge in [-0.3, -0.25) is 0 Å². The molecule has 0 aromatic heterocycles. The van der Waals surface area contributed by atoms with Crippen LogP contribution in [0.5, 0.6) is 0 Å². The molecule has 0 radical (unpaired) electrons. The predicted molar refractivity (Wildman–Crippen MR) is 321 cm³/mol. The first kappa shape index (κ1) is 61.1. The molecule has 0 unspecified atom stereocenters. The zero-order valence-corrected chi connectivity index (χ0v) is 51.7. The van der Waals surface area contributed by atoms with E-state index in [1.54, 1.807) is 0 Å². The van der Waals surface area contributed by atoms with Gasteiger partial charge in [-0.25, -0.2) is 0 Å². The molecule has 0 N–H and O–H groups in total. The van der Waals surface area contributed by atoms with Gasteiger partial charge in [0.15, 0.2) is 0 Å². The van der Waals surface area contributed by atoms with Gasteiger partial charge < -0.3 is 24.8 Å². The maximum Gasteiger partial charge on any atom is -1.00 e. The van der Waals surface area contributed by atoms with Gasteiger partial charge in [-0.1, -0.05) is 223 Å². The molecule has 12 aromatic rings. The van der Waals surface area contributed by atoms with Crippen LogP contribution in [0.1, 0.15) is 72.9 Å². The van der Waals surface area contributed by atoms with E-state index < -0.39 is 0 Å². The largest absolute Gasteiger partial charge is 1.00 e. The average molecular weight is 1190 g/mol.